The maximum absolute atomic E-state index is 13.8. The number of ether oxygens (including phenoxy) is 1. The molecule has 8 nitrogen and oxygen atoms in total. The van der Waals surface area contributed by atoms with Gasteiger partial charge in [-0.05, 0) is 42.5 Å². The summed E-state index contributed by atoms with van der Waals surface area (Å²) in [4.78, 5) is 19.4. The Morgan fingerprint density at radius 2 is 1.82 bits per heavy atom. The van der Waals surface area contributed by atoms with E-state index in [9.17, 15) is 22.4 Å². The number of benzene rings is 2. The third kappa shape index (κ3) is 4.31. The zero-order chi connectivity index (χ0) is 23.9. The number of nitrogens with zero attached hydrogens (tertiary/aromatic N) is 5. The molecule has 1 N–H and O–H groups in total. The van der Waals surface area contributed by atoms with Gasteiger partial charge in [0.2, 0.25) is 0 Å². The Balaban J connectivity index is 1.43. The molecule has 0 aliphatic carbocycles. The smallest absolute Gasteiger partial charge is 0.378 e. The molecular formula is C21H16F4N6O2S. The summed E-state index contributed by atoms with van der Waals surface area (Å²) in [6.45, 7) is 2.65. The molecule has 13 heteroatoms. The second-order valence-corrected chi connectivity index (χ2v) is 8.41. The van der Waals surface area contributed by atoms with Crippen LogP contribution in [0.4, 0.5) is 28.4 Å². The van der Waals surface area contributed by atoms with Gasteiger partial charge in [0.25, 0.3) is 5.91 Å². The van der Waals surface area contributed by atoms with Crippen molar-refractivity contribution < 1.29 is 27.1 Å². The molecule has 0 spiro atoms. The molecule has 1 aliphatic rings. The van der Waals surface area contributed by atoms with Gasteiger partial charge in [0.1, 0.15) is 5.82 Å². The first kappa shape index (κ1) is 22.2. The lowest BCUT2D eigenvalue weighted by Gasteiger charge is -2.25. The van der Waals surface area contributed by atoms with Crippen LogP contribution in [0, 0.1) is 5.82 Å². The summed E-state index contributed by atoms with van der Waals surface area (Å²) in [6, 6.07) is 9.10. The highest BCUT2D eigenvalue weighted by atomic mass is 32.1. The van der Waals surface area contributed by atoms with Gasteiger partial charge in [0.05, 0.1) is 29.1 Å². The Labute approximate surface area is 193 Å². The van der Waals surface area contributed by atoms with E-state index in [1.807, 2.05) is 0 Å². The summed E-state index contributed by atoms with van der Waals surface area (Å²) in [5.41, 5.74) is -1.33. The van der Waals surface area contributed by atoms with E-state index in [1.54, 1.807) is 18.2 Å². The average molecular weight is 492 g/mol. The van der Waals surface area contributed by atoms with E-state index in [2.05, 4.69) is 25.5 Å². The molecule has 0 radical (unpaired) electrons. The van der Waals surface area contributed by atoms with Crippen LogP contribution in [-0.4, -0.2) is 52.2 Å². The van der Waals surface area contributed by atoms with Crippen molar-refractivity contribution in [2.75, 3.05) is 36.5 Å². The molecule has 34 heavy (non-hydrogen) atoms. The van der Waals surface area contributed by atoms with Gasteiger partial charge in [-0.3, -0.25) is 4.79 Å². The minimum Gasteiger partial charge on any atom is -0.378 e. The summed E-state index contributed by atoms with van der Waals surface area (Å²) >= 11 is 1.42. The number of amides is 1. The molecule has 1 aliphatic heterocycles. The number of fused-ring (bicyclic) bond motifs is 1. The van der Waals surface area contributed by atoms with Crippen molar-refractivity contribution in [2.45, 2.75) is 6.18 Å². The molecule has 0 atom stereocenters. The summed E-state index contributed by atoms with van der Waals surface area (Å²) in [5, 5.41) is 10.2. The molecule has 2 aromatic heterocycles. The van der Waals surface area contributed by atoms with Gasteiger partial charge < -0.3 is 15.0 Å². The maximum atomic E-state index is 13.8. The number of alkyl halides is 3. The summed E-state index contributed by atoms with van der Waals surface area (Å²) in [6.07, 6.45) is -4.93. The molecule has 1 saturated heterocycles. The van der Waals surface area contributed by atoms with Crippen molar-refractivity contribution >= 4 is 38.3 Å². The zero-order valence-electron chi connectivity index (χ0n) is 17.3. The van der Waals surface area contributed by atoms with Gasteiger partial charge in [0, 0.05) is 18.8 Å². The van der Waals surface area contributed by atoms with Crippen molar-refractivity contribution in [3.63, 3.8) is 0 Å². The Morgan fingerprint density at radius 1 is 1.09 bits per heavy atom. The fourth-order valence-electron chi connectivity index (χ4n) is 3.52. The van der Waals surface area contributed by atoms with Crippen molar-refractivity contribution in [3.05, 3.63) is 59.7 Å². The number of thiazole rings is 1. The highest BCUT2D eigenvalue weighted by molar-refractivity contribution is 7.22. The number of hydrogen-bond acceptors (Lipinski definition) is 7. The summed E-state index contributed by atoms with van der Waals surface area (Å²) in [7, 11) is 0. The highest BCUT2D eigenvalue weighted by Crippen LogP contribution is 2.34. The molecule has 1 amide bonds. The van der Waals surface area contributed by atoms with Crippen molar-refractivity contribution in [1.82, 2.24) is 20.0 Å². The van der Waals surface area contributed by atoms with Crippen LogP contribution < -0.4 is 10.2 Å². The third-order valence-corrected chi connectivity index (χ3v) is 6.22. The van der Waals surface area contributed by atoms with E-state index in [0.717, 1.165) is 34.1 Å². The maximum Gasteiger partial charge on any atom is 0.435 e. The third-order valence-electron chi connectivity index (χ3n) is 5.14. The van der Waals surface area contributed by atoms with E-state index in [-0.39, 0.29) is 5.69 Å². The minimum absolute atomic E-state index is 0.0815. The summed E-state index contributed by atoms with van der Waals surface area (Å²) < 4.78 is 61.2. The Hall–Kier alpha value is -3.58. The molecule has 4 aromatic rings. The number of nitrogens with one attached hydrogen (secondary N) is 1. The predicted octanol–water partition coefficient (Wildman–Crippen LogP) is 4.12. The molecular weight excluding hydrogens is 476 g/mol. The molecule has 5 rings (SSSR count). The van der Waals surface area contributed by atoms with Crippen molar-refractivity contribution in [2.24, 2.45) is 0 Å². The number of carbonyl (C=O) groups is 1. The van der Waals surface area contributed by atoms with Gasteiger partial charge in [-0.1, -0.05) is 16.6 Å². The van der Waals surface area contributed by atoms with E-state index >= 15 is 0 Å². The SMILES string of the molecule is O=C(Nc1ccc2nc(N3CCOCC3)sc2c1)c1nnn(-c2ccc(F)cc2)c1C(F)(F)F. The second-order valence-electron chi connectivity index (χ2n) is 7.41. The quantitative estimate of drug-likeness (QED) is 0.432. The number of aromatic nitrogens is 4. The lowest BCUT2D eigenvalue weighted by atomic mass is 10.2. The molecule has 1 fully saturated rings. The molecule has 176 valence electrons. The first-order chi connectivity index (χ1) is 16.3. The first-order valence-electron chi connectivity index (χ1n) is 10.1. The van der Waals surface area contributed by atoms with Crippen LogP contribution >= 0.6 is 11.3 Å². The van der Waals surface area contributed by atoms with Crippen LogP contribution in [0.2, 0.25) is 0 Å². The van der Waals surface area contributed by atoms with Gasteiger partial charge >= 0.3 is 6.18 Å². The van der Waals surface area contributed by atoms with Crippen LogP contribution in [0.5, 0.6) is 0 Å². The monoisotopic (exact) mass is 492 g/mol. The van der Waals surface area contributed by atoms with Gasteiger partial charge in [-0.15, -0.1) is 5.10 Å². The van der Waals surface area contributed by atoms with Crippen LogP contribution in [-0.2, 0) is 10.9 Å². The standard InChI is InChI=1S/C21H16F4N6O2S/c22-12-1-4-14(5-2-12)31-18(21(23,24)25)17(28-29-31)19(32)26-13-3-6-15-16(11-13)34-20(27-15)30-7-9-33-10-8-30/h1-6,11H,7-10H2,(H,26,32). The molecule has 0 bridgehead atoms. The summed E-state index contributed by atoms with van der Waals surface area (Å²) in [5.74, 6) is -1.69. The first-order valence-corrected chi connectivity index (χ1v) is 10.9. The van der Waals surface area contributed by atoms with E-state index < -0.39 is 29.3 Å². The lowest BCUT2D eigenvalue weighted by molar-refractivity contribution is -0.143. The average Bonchev–Trinajstić information content (AvgIpc) is 3.45. The van der Waals surface area contributed by atoms with Gasteiger partial charge in [-0.25, -0.2) is 14.1 Å². The predicted molar refractivity (Wildman–Crippen MR) is 117 cm³/mol. The second kappa shape index (κ2) is 8.65. The number of morpholine rings is 1. The molecule has 2 aromatic carbocycles. The zero-order valence-corrected chi connectivity index (χ0v) is 18.2. The van der Waals surface area contributed by atoms with Crippen LogP contribution in [0.3, 0.4) is 0 Å². The fourth-order valence-corrected chi connectivity index (χ4v) is 4.58. The van der Waals surface area contributed by atoms with E-state index in [0.29, 0.717) is 42.2 Å². The topological polar surface area (TPSA) is 85.2 Å². The Kier molecular flexibility index (Phi) is 5.65. The van der Waals surface area contributed by atoms with Crippen molar-refractivity contribution in [1.29, 1.82) is 0 Å². The molecule has 0 unspecified atom stereocenters. The number of halogens is 4. The van der Waals surface area contributed by atoms with Gasteiger partial charge in [-0.2, -0.15) is 13.2 Å². The number of carbonyl (C=O) groups excluding carboxylic acids is 1. The fraction of sp³-hybridized carbons (Fsp3) is 0.238. The van der Waals surface area contributed by atoms with Crippen molar-refractivity contribution in [3.8, 4) is 5.69 Å². The minimum atomic E-state index is -4.93. The largest absolute Gasteiger partial charge is 0.435 e. The normalized spacial score (nSPS) is 14.5. The number of hydrogen-bond donors (Lipinski definition) is 1. The van der Waals surface area contributed by atoms with Crippen LogP contribution in [0.1, 0.15) is 16.2 Å². The van der Waals surface area contributed by atoms with E-state index in [1.165, 1.54) is 11.3 Å². The lowest BCUT2D eigenvalue weighted by Crippen LogP contribution is -2.36. The highest BCUT2D eigenvalue weighted by Gasteiger charge is 2.42. The van der Waals surface area contributed by atoms with Crippen LogP contribution in [0.25, 0.3) is 15.9 Å². The Morgan fingerprint density at radius 3 is 2.53 bits per heavy atom. The van der Waals surface area contributed by atoms with Gasteiger partial charge in [0.15, 0.2) is 16.5 Å². The number of anilines is 2. The molecule has 3 heterocycles. The van der Waals surface area contributed by atoms with E-state index in [4.69, 9.17) is 4.74 Å². The van der Waals surface area contributed by atoms with Crippen LogP contribution in [0.15, 0.2) is 42.5 Å². The number of rotatable bonds is 4. The Bertz CT molecular complexity index is 1350. The molecule has 0 saturated carbocycles.